The van der Waals surface area contributed by atoms with Gasteiger partial charge in [-0.25, -0.2) is 9.07 Å². The first-order chi connectivity index (χ1) is 12.0. The highest BCUT2D eigenvalue weighted by Crippen LogP contribution is 2.20. The maximum absolute atomic E-state index is 13.0. The van der Waals surface area contributed by atoms with Crippen LogP contribution in [0.1, 0.15) is 19.9 Å². The van der Waals surface area contributed by atoms with Crippen molar-refractivity contribution in [1.82, 2.24) is 25.1 Å². The van der Waals surface area contributed by atoms with E-state index < -0.39 is 0 Å². The molecule has 1 fully saturated rings. The molecule has 1 aliphatic heterocycles. The molecule has 2 aromatic rings. The summed E-state index contributed by atoms with van der Waals surface area (Å²) in [4.78, 5) is 16.4. The van der Waals surface area contributed by atoms with Crippen LogP contribution in [0.3, 0.4) is 0 Å². The monoisotopic (exact) mass is 364 g/mol. The number of thioether (sulfide) groups is 1. The molecule has 0 atom stereocenters. The van der Waals surface area contributed by atoms with E-state index in [1.165, 1.54) is 23.9 Å². The van der Waals surface area contributed by atoms with E-state index in [-0.39, 0.29) is 17.8 Å². The van der Waals surface area contributed by atoms with Crippen LogP contribution in [0.15, 0.2) is 29.4 Å². The molecule has 0 radical (unpaired) electrons. The Balaban J connectivity index is 1.50. The molecule has 1 aliphatic rings. The average Bonchev–Trinajstić information content (AvgIpc) is 3.09. The number of hydrogen-bond acceptors (Lipinski definition) is 6. The summed E-state index contributed by atoms with van der Waals surface area (Å²) < 4.78 is 14.7. The maximum atomic E-state index is 13.0. The number of tetrazole rings is 1. The first-order valence-electron chi connectivity index (χ1n) is 8.23. The highest BCUT2D eigenvalue weighted by Gasteiger charge is 2.22. The molecule has 0 saturated carbocycles. The Morgan fingerprint density at radius 2 is 1.88 bits per heavy atom. The van der Waals surface area contributed by atoms with Gasteiger partial charge in [-0.15, -0.1) is 5.10 Å². The van der Waals surface area contributed by atoms with Crippen LogP contribution in [0.25, 0.3) is 0 Å². The van der Waals surface area contributed by atoms with E-state index in [1.807, 2.05) is 18.7 Å². The van der Waals surface area contributed by atoms with E-state index >= 15 is 0 Å². The van der Waals surface area contributed by atoms with Gasteiger partial charge in [0.1, 0.15) is 5.82 Å². The molecule has 1 aromatic heterocycles. The highest BCUT2D eigenvalue weighted by atomic mass is 32.2. The number of nitrogens with zero attached hydrogens (tertiary/aromatic N) is 6. The van der Waals surface area contributed by atoms with Crippen LogP contribution in [0.4, 0.5) is 10.1 Å². The molecule has 0 bridgehead atoms. The molecule has 2 heterocycles. The van der Waals surface area contributed by atoms with Gasteiger partial charge in [0.15, 0.2) is 0 Å². The van der Waals surface area contributed by atoms with Crippen LogP contribution in [-0.4, -0.2) is 62.9 Å². The number of anilines is 1. The second-order valence-corrected chi connectivity index (χ2v) is 7.08. The van der Waals surface area contributed by atoms with Crippen molar-refractivity contribution in [1.29, 1.82) is 0 Å². The van der Waals surface area contributed by atoms with Gasteiger partial charge in [-0.2, -0.15) is 0 Å². The lowest BCUT2D eigenvalue weighted by atomic mass is 10.2. The van der Waals surface area contributed by atoms with Gasteiger partial charge in [0.2, 0.25) is 11.1 Å². The zero-order valence-corrected chi connectivity index (χ0v) is 15.1. The Bertz CT molecular complexity index is 712. The lowest BCUT2D eigenvalue weighted by Crippen LogP contribution is -2.49. The number of carbonyl (C=O) groups excluding carboxylic acids is 1. The molecule has 134 valence electrons. The number of rotatable bonds is 5. The number of piperazine rings is 1. The molecular formula is C16H21FN6OS. The van der Waals surface area contributed by atoms with Gasteiger partial charge in [0.05, 0.1) is 11.8 Å². The predicted octanol–water partition coefficient (Wildman–Crippen LogP) is 1.83. The summed E-state index contributed by atoms with van der Waals surface area (Å²) >= 11 is 1.36. The zero-order chi connectivity index (χ0) is 17.8. The van der Waals surface area contributed by atoms with Gasteiger partial charge in [0.25, 0.3) is 0 Å². The predicted molar refractivity (Wildman–Crippen MR) is 94.1 cm³/mol. The SMILES string of the molecule is CC(C)n1nnnc1SCC(=O)N1CCN(c2ccc(F)cc2)CC1. The fraction of sp³-hybridized carbons (Fsp3) is 0.500. The van der Waals surface area contributed by atoms with Crippen molar-refractivity contribution in [2.75, 3.05) is 36.8 Å². The summed E-state index contributed by atoms with van der Waals surface area (Å²) in [5, 5.41) is 12.2. The van der Waals surface area contributed by atoms with Gasteiger partial charge >= 0.3 is 0 Å². The Labute approximate surface area is 150 Å². The summed E-state index contributed by atoms with van der Waals surface area (Å²) in [6.07, 6.45) is 0. The van der Waals surface area contributed by atoms with Crippen molar-refractivity contribution in [2.24, 2.45) is 0 Å². The molecule has 25 heavy (non-hydrogen) atoms. The first kappa shape index (κ1) is 17.7. The van der Waals surface area contributed by atoms with E-state index in [4.69, 9.17) is 0 Å². The van der Waals surface area contributed by atoms with Crippen LogP contribution >= 0.6 is 11.8 Å². The number of benzene rings is 1. The lowest BCUT2D eigenvalue weighted by molar-refractivity contribution is -0.128. The molecule has 9 heteroatoms. The van der Waals surface area contributed by atoms with Crippen LogP contribution in [0.2, 0.25) is 0 Å². The summed E-state index contributed by atoms with van der Waals surface area (Å²) in [6, 6.07) is 6.63. The number of halogens is 1. The van der Waals surface area contributed by atoms with E-state index in [1.54, 1.807) is 16.8 Å². The smallest absolute Gasteiger partial charge is 0.233 e. The molecule has 0 unspecified atom stereocenters. The standard InChI is InChI=1S/C16H21FN6OS/c1-12(2)23-16(18-19-20-23)25-11-15(24)22-9-7-21(8-10-22)14-5-3-13(17)4-6-14/h3-6,12H,7-11H2,1-2H3. The second kappa shape index (κ2) is 7.81. The minimum atomic E-state index is -0.238. The Morgan fingerprint density at radius 3 is 2.52 bits per heavy atom. The van der Waals surface area contributed by atoms with E-state index in [0.29, 0.717) is 24.0 Å². The molecule has 1 saturated heterocycles. The maximum Gasteiger partial charge on any atom is 0.233 e. The molecule has 0 spiro atoms. The second-order valence-electron chi connectivity index (χ2n) is 6.13. The summed E-state index contributed by atoms with van der Waals surface area (Å²) in [5.74, 6) is 0.171. The van der Waals surface area contributed by atoms with Crippen molar-refractivity contribution in [3.63, 3.8) is 0 Å². The topological polar surface area (TPSA) is 67.2 Å². The number of hydrogen-bond donors (Lipinski definition) is 0. The third-order valence-electron chi connectivity index (χ3n) is 4.10. The first-order valence-corrected chi connectivity index (χ1v) is 9.22. The van der Waals surface area contributed by atoms with E-state index in [2.05, 4.69) is 20.4 Å². The molecule has 0 N–H and O–H groups in total. The fourth-order valence-corrected chi connectivity index (χ4v) is 3.60. The molecule has 1 aromatic carbocycles. The van der Waals surface area contributed by atoms with Gasteiger partial charge in [-0.1, -0.05) is 11.8 Å². The molecule has 3 rings (SSSR count). The molecular weight excluding hydrogens is 343 g/mol. The Hall–Kier alpha value is -2.16. The van der Waals surface area contributed by atoms with E-state index in [0.717, 1.165) is 18.8 Å². The number of aromatic nitrogens is 4. The van der Waals surface area contributed by atoms with Crippen LogP contribution in [-0.2, 0) is 4.79 Å². The molecule has 1 amide bonds. The van der Waals surface area contributed by atoms with Gasteiger partial charge < -0.3 is 9.80 Å². The van der Waals surface area contributed by atoms with Gasteiger partial charge in [0, 0.05) is 31.9 Å². The summed E-state index contributed by atoms with van der Waals surface area (Å²) in [6.45, 7) is 6.79. The molecule has 0 aliphatic carbocycles. The summed E-state index contributed by atoms with van der Waals surface area (Å²) in [7, 11) is 0. The van der Waals surface area contributed by atoms with Gasteiger partial charge in [-0.3, -0.25) is 4.79 Å². The number of carbonyl (C=O) groups is 1. The van der Waals surface area contributed by atoms with Crippen LogP contribution < -0.4 is 4.90 Å². The van der Waals surface area contributed by atoms with Crippen molar-refractivity contribution in [2.45, 2.75) is 25.0 Å². The van der Waals surface area contributed by atoms with Crippen molar-refractivity contribution in [3.8, 4) is 0 Å². The normalized spacial score (nSPS) is 15.0. The third-order valence-corrected chi connectivity index (χ3v) is 5.02. The van der Waals surface area contributed by atoms with Gasteiger partial charge in [-0.05, 0) is 48.5 Å². The Morgan fingerprint density at radius 1 is 1.20 bits per heavy atom. The number of amides is 1. The van der Waals surface area contributed by atoms with Crippen LogP contribution in [0.5, 0.6) is 0 Å². The quantitative estimate of drug-likeness (QED) is 0.754. The minimum Gasteiger partial charge on any atom is -0.368 e. The minimum absolute atomic E-state index is 0.0852. The van der Waals surface area contributed by atoms with Crippen LogP contribution in [0, 0.1) is 5.82 Å². The summed E-state index contributed by atoms with van der Waals surface area (Å²) in [5.41, 5.74) is 0.985. The Kier molecular flexibility index (Phi) is 5.52. The van der Waals surface area contributed by atoms with Crippen molar-refractivity contribution < 1.29 is 9.18 Å². The largest absolute Gasteiger partial charge is 0.368 e. The lowest BCUT2D eigenvalue weighted by Gasteiger charge is -2.36. The zero-order valence-electron chi connectivity index (χ0n) is 14.3. The highest BCUT2D eigenvalue weighted by molar-refractivity contribution is 7.99. The fourth-order valence-electron chi connectivity index (χ4n) is 2.69. The van der Waals surface area contributed by atoms with E-state index in [9.17, 15) is 9.18 Å². The molecule has 7 nitrogen and oxygen atoms in total. The average molecular weight is 364 g/mol. The van der Waals surface area contributed by atoms with Crippen molar-refractivity contribution >= 4 is 23.4 Å². The third kappa shape index (κ3) is 4.28. The van der Waals surface area contributed by atoms with Crippen molar-refractivity contribution in [3.05, 3.63) is 30.1 Å².